The van der Waals surface area contributed by atoms with Crippen molar-refractivity contribution in [1.82, 2.24) is 20.4 Å². The van der Waals surface area contributed by atoms with Gasteiger partial charge in [-0.05, 0) is 6.42 Å². The summed E-state index contributed by atoms with van der Waals surface area (Å²) in [4.78, 5) is 72.8. The van der Waals surface area contributed by atoms with Gasteiger partial charge < -0.3 is 5.11 Å². The van der Waals surface area contributed by atoms with E-state index in [1.165, 1.54) is 11.9 Å². The summed E-state index contributed by atoms with van der Waals surface area (Å²) in [6.07, 6.45) is 8.75. The van der Waals surface area contributed by atoms with Crippen molar-refractivity contribution in [1.29, 1.82) is 0 Å². The molecule has 61 heavy (non-hydrogen) atoms. The van der Waals surface area contributed by atoms with Crippen molar-refractivity contribution in [2.75, 3.05) is 27.8 Å². The molecular formula is C47H75AuN4O9. The van der Waals surface area contributed by atoms with E-state index in [4.69, 9.17) is 14.2 Å². The molecule has 1 saturated heterocycles. The Bertz CT molecular complexity index is 1660. The molecule has 1 aromatic carbocycles. The van der Waals surface area contributed by atoms with Crippen LogP contribution in [0.2, 0.25) is 9.28 Å². The fourth-order valence-electron chi connectivity index (χ4n) is 8.44. The number of carbonyl (C=O) groups is 5. The van der Waals surface area contributed by atoms with E-state index in [0.717, 1.165) is 18.4 Å². The second-order valence-corrected chi connectivity index (χ2v) is 23.0. The van der Waals surface area contributed by atoms with E-state index in [2.05, 4.69) is 24.5 Å². The van der Waals surface area contributed by atoms with Gasteiger partial charge in [-0.2, -0.15) is 0 Å². The zero-order chi connectivity index (χ0) is 45.6. The summed E-state index contributed by atoms with van der Waals surface area (Å²) in [5.74, 6) is -1.77. The Hall–Kier alpha value is -3.33. The molecule has 1 aromatic rings. The van der Waals surface area contributed by atoms with E-state index in [1.807, 2.05) is 100 Å². The van der Waals surface area contributed by atoms with Crippen LogP contribution in [0.5, 0.6) is 0 Å². The van der Waals surface area contributed by atoms with E-state index >= 15 is 0 Å². The number of amides is 4. The third-order valence-electron chi connectivity index (χ3n) is 12.0. The molecule has 3 N–H and O–H groups in total. The van der Waals surface area contributed by atoms with Crippen LogP contribution in [0.3, 0.4) is 0 Å². The van der Waals surface area contributed by atoms with Crippen LogP contribution in [0.1, 0.15) is 99.5 Å². The molecule has 2 aliphatic rings. The fourth-order valence-corrected chi connectivity index (χ4v) is 15.2. The number of hydrogen-bond acceptors (Lipinski definition) is 9. The SMILES string of the molecule is CC[C@H](C)[C@@H]([C@@H](CC(=O)N1CCC[C@H]1[C@H](OC)[C@@H](C)C(=O)N[C@H](C)C[C@]1(O)C=CC=CC1)OC)[Au]([CH3])[C](=O)[C@@H](NC(=O)[C@H](C(C)C)N(C)C(=O)OCc1ccccc1)C(C)C. The van der Waals surface area contributed by atoms with Gasteiger partial charge in [0.2, 0.25) is 0 Å². The van der Waals surface area contributed by atoms with Gasteiger partial charge in [0.25, 0.3) is 0 Å². The predicted octanol–water partition coefficient (Wildman–Crippen LogP) is 6.64. The maximum absolute atomic E-state index is 14.6. The minimum atomic E-state index is -2.56. The number of nitrogens with one attached hydrogen (secondary N) is 2. The Morgan fingerprint density at radius 2 is 1.62 bits per heavy atom. The first-order chi connectivity index (χ1) is 28.8. The van der Waals surface area contributed by atoms with Crippen molar-refractivity contribution in [2.24, 2.45) is 23.7 Å². The number of benzene rings is 1. The Morgan fingerprint density at radius 3 is 2.18 bits per heavy atom. The van der Waals surface area contributed by atoms with Crippen molar-refractivity contribution < 1.29 is 61.7 Å². The standard InChI is InChI=1S/C27H45N2O5.C19H27N2O4.CH3.Au/c1-7-19(2)16-22(33-5)17-24(30)29-15-11-12-23(29)25(34-6)21(4)26(31)28-20(3)18-27(32)13-9-8-10-14-27;1-13(2)16(11-22)20-18(23)17(14(3)4)21(5)19(24)25-12-15-9-7-6-8-10-15;;/h8-10,13,16,19-23,25,32H,7,11-12,14-15,17-18H2,1-6H3,(H,28,31);6-10,13-14,16-17H,12H2,1-5H3,(H,20,23);1H3;/t19-,20+,21+,22-,23-,25+,27-;16-,17+;;/m01../s1. The average molecular weight is 1040 g/mol. The van der Waals surface area contributed by atoms with Gasteiger partial charge in [-0.15, -0.1) is 0 Å². The van der Waals surface area contributed by atoms with Gasteiger partial charge in [-0.1, -0.05) is 30.4 Å². The van der Waals surface area contributed by atoms with E-state index in [0.29, 0.717) is 25.8 Å². The number of ether oxygens (including phenoxy) is 3. The molecule has 1 fully saturated rings. The molecule has 10 atom stereocenters. The molecule has 14 heteroatoms. The minimum absolute atomic E-state index is 0.0226. The monoisotopic (exact) mass is 1040 g/mol. The van der Waals surface area contributed by atoms with Crippen LogP contribution in [0, 0.1) is 23.7 Å². The number of carbonyl (C=O) groups excluding carboxylic acids is 5. The second-order valence-electron chi connectivity index (χ2n) is 17.5. The molecule has 1 heterocycles. The molecule has 3 rings (SSSR count). The molecule has 0 radical (unpaired) electrons. The van der Waals surface area contributed by atoms with Crippen LogP contribution in [0.25, 0.3) is 0 Å². The molecular weight excluding hydrogens is 962 g/mol. The number of likely N-dealkylation sites (N-methyl/N-ethyl adjacent to an activating group) is 1. The van der Waals surface area contributed by atoms with Crippen LogP contribution in [-0.2, 0) is 58.4 Å². The molecule has 4 amide bonds. The van der Waals surface area contributed by atoms with E-state index < -0.39 is 66.3 Å². The molecule has 0 unspecified atom stereocenters. The van der Waals surface area contributed by atoms with Crippen molar-refractivity contribution >= 4 is 27.8 Å². The number of rotatable bonds is 23. The first-order valence-corrected chi connectivity index (χ1v) is 26.2. The average Bonchev–Trinajstić information content (AvgIpc) is 3.71. The zero-order valence-corrected chi connectivity index (χ0v) is 40.8. The quantitative estimate of drug-likeness (QED) is 0.102. The molecule has 0 spiro atoms. The fraction of sp³-hybridized carbons (Fsp3) is 0.681. The Kier molecular flexibility index (Phi) is 20.9. The van der Waals surface area contributed by atoms with Crippen LogP contribution >= 0.6 is 0 Å². The number of methoxy groups -OCH3 is 2. The van der Waals surface area contributed by atoms with Crippen LogP contribution in [-0.4, -0.2) is 113 Å². The van der Waals surface area contributed by atoms with Crippen molar-refractivity contribution in [3.63, 3.8) is 0 Å². The second kappa shape index (κ2) is 24.5. The van der Waals surface area contributed by atoms with Gasteiger partial charge in [-0.3, -0.25) is 0 Å². The summed E-state index contributed by atoms with van der Waals surface area (Å²) in [6, 6.07) is 7.02. The maximum atomic E-state index is 14.6. The third kappa shape index (κ3) is 14.3. The van der Waals surface area contributed by atoms with Gasteiger partial charge in [0.15, 0.2) is 0 Å². The third-order valence-corrected chi connectivity index (χ3v) is 18.6. The first-order valence-electron chi connectivity index (χ1n) is 21.7. The van der Waals surface area contributed by atoms with Gasteiger partial charge in [0.05, 0.1) is 5.60 Å². The van der Waals surface area contributed by atoms with Crippen LogP contribution < -0.4 is 10.6 Å². The van der Waals surface area contributed by atoms with E-state index in [9.17, 15) is 29.1 Å². The molecule has 13 nitrogen and oxygen atoms in total. The topological polar surface area (TPSA) is 164 Å². The van der Waals surface area contributed by atoms with Gasteiger partial charge in [0, 0.05) is 0 Å². The van der Waals surface area contributed by atoms with Gasteiger partial charge >= 0.3 is 326 Å². The predicted molar refractivity (Wildman–Crippen MR) is 234 cm³/mol. The summed E-state index contributed by atoms with van der Waals surface area (Å²) in [6.45, 7) is 15.9. The van der Waals surface area contributed by atoms with E-state index in [-0.39, 0.29) is 62.8 Å². The molecule has 0 aromatic heterocycles. The molecule has 0 saturated carbocycles. The van der Waals surface area contributed by atoms with Crippen molar-refractivity contribution in [3.05, 3.63) is 60.2 Å². The Morgan fingerprint density at radius 1 is 0.951 bits per heavy atom. The summed E-state index contributed by atoms with van der Waals surface area (Å²) in [5, 5.41) is 19.0. The molecule has 1 aliphatic carbocycles. The normalized spacial score (nSPS) is 21.8. The molecule has 1 aliphatic heterocycles. The Balaban J connectivity index is 1.74. The number of nitrogens with zero attached hydrogens (tertiary/aromatic N) is 2. The first kappa shape index (κ1) is 52.0. The summed E-state index contributed by atoms with van der Waals surface area (Å²) < 4.78 is 17.4. The zero-order valence-electron chi connectivity index (χ0n) is 38.6. The van der Waals surface area contributed by atoms with E-state index in [1.54, 1.807) is 20.3 Å². The molecule has 348 valence electrons. The number of likely N-dealkylation sites (tertiary alicyclic amines) is 1. The van der Waals surface area contributed by atoms with Crippen molar-refractivity contribution in [2.45, 2.75) is 152 Å². The summed E-state index contributed by atoms with van der Waals surface area (Å²) in [7, 11) is 4.70. The summed E-state index contributed by atoms with van der Waals surface area (Å²) in [5.41, 5.74) is -0.192. The van der Waals surface area contributed by atoms with Crippen molar-refractivity contribution in [3.8, 4) is 0 Å². The molecule has 0 bridgehead atoms. The van der Waals surface area contributed by atoms with Crippen LogP contribution in [0.4, 0.5) is 4.79 Å². The van der Waals surface area contributed by atoms with Crippen LogP contribution in [0.15, 0.2) is 54.6 Å². The number of allylic oxidation sites excluding steroid dienone is 2. The summed E-state index contributed by atoms with van der Waals surface area (Å²) >= 11 is -2.56. The number of hydrogen-bond donors (Lipinski definition) is 3. The Labute approximate surface area is 371 Å². The number of aliphatic hydroxyl groups is 1. The van der Waals surface area contributed by atoms with Gasteiger partial charge in [-0.25, -0.2) is 0 Å². The van der Waals surface area contributed by atoms with Gasteiger partial charge in [0.1, 0.15) is 0 Å².